The predicted octanol–water partition coefficient (Wildman–Crippen LogP) is 5.44. The van der Waals surface area contributed by atoms with Crippen molar-refractivity contribution in [2.45, 2.75) is 40.2 Å². The van der Waals surface area contributed by atoms with Gasteiger partial charge in [0, 0.05) is 5.56 Å². The molecule has 0 aliphatic carbocycles. The van der Waals surface area contributed by atoms with Crippen molar-refractivity contribution in [3.05, 3.63) is 75.8 Å². The van der Waals surface area contributed by atoms with Crippen LogP contribution < -0.4 is 14.4 Å². The van der Waals surface area contributed by atoms with Gasteiger partial charge in [-0.05, 0) is 69.2 Å². The Hall–Kier alpha value is -4.18. The van der Waals surface area contributed by atoms with Crippen LogP contribution in [0.25, 0.3) is 5.76 Å². The molecule has 204 valence electrons. The Morgan fingerprint density at radius 3 is 2.23 bits per heavy atom. The molecule has 39 heavy (non-hydrogen) atoms. The maximum atomic E-state index is 13.4. The van der Waals surface area contributed by atoms with Crippen LogP contribution in [0.2, 0.25) is 0 Å². The number of ketones is 1. The van der Waals surface area contributed by atoms with E-state index in [0.717, 1.165) is 17.8 Å². The van der Waals surface area contributed by atoms with Crippen molar-refractivity contribution in [1.82, 2.24) is 4.98 Å². The van der Waals surface area contributed by atoms with Crippen LogP contribution in [0, 0.1) is 6.92 Å². The summed E-state index contributed by atoms with van der Waals surface area (Å²) in [7, 11) is 0. The fourth-order valence-electron chi connectivity index (χ4n) is 4.21. The highest BCUT2D eigenvalue weighted by atomic mass is 32.1. The van der Waals surface area contributed by atoms with Crippen molar-refractivity contribution < 1.29 is 33.7 Å². The number of aryl methyl sites for hydroxylation is 1. The van der Waals surface area contributed by atoms with Crippen LogP contribution in [0.4, 0.5) is 5.13 Å². The molecule has 9 nitrogen and oxygen atoms in total. The van der Waals surface area contributed by atoms with Crippen molar-refractivity contribution in [3.63, 3.8) is 0 Å². The number of esters is 1. The molecule has 0 radical (unpaired) electrons. The number of aliphatic hydroxyl groups excluding tert-OH is 1. The van der Waals surface area contributed by atoms with Crippen molar-refractivity contribution in [3.8, 4) is 11.5 Å². The average Bonchev–Trinajstić information content (AvgIpc) is 3.44. The second-order valence-corrected chi connectivity index (χ2v) is 9.65. The van der Waals surface area contributed by atoms with Crippen LogP contribution in [-0.4, -0.2) is 47.6 Å². The van der Waals surface area contributed by atoms with E-state index in [1.165, 1.54) is 4.90 Å². The molecule has 2 heterocycles. The molecule has 0 bridgehead atoms. The summed E-state index contributed by atoms with van der Waals surface area (Å²) in [5, 5.41) is 11.5. The van der Waals surface area contributed by atoms with Gasteiger partial charge in [0.25, 0.3) is 5.78 Å². The number of nitrogens with zero attached hydrogens (tertiary/aromatic N) is 2. The Balaban J connectivity index is 1.83. The van der Waals surface area contributed by atoms with Gasteiger partial charge in [0.2, 0.25) is 0 Å². The van der Waals surface area contributed by atoms with Gasteiger partial charge >= 0.3 is 11.9 Å². The fourth-order valence-corrected chi connectivity index (χ4v) is 5.20. The largest absolute Gasteiger partial charge is 0.507 e. The molecule has 1 unspecified atom stereocenters. The summed E-state index contributed by atoms with van der Waals surface area (Å²) < 4.78 is 16.3. The lowest BCUT2D eigenvalue weighted by Gasteiger charge is -2.23. The third kappa shape index (κ3) is 5.65. The van der Waals surface area contributed by atoms with Gasteiger partial charge in [-0.3, -0.25) is 14.5 Å². The molecule has 1 N–H and O–H groups in total. The molecule has 1 aliphatic heterocycles. The number of hydrogen-bond acceptors (Lipinski definition) is 9. The van der Waals surface area contributed by atoms with Crippen molar-refractivity contribution >= 4 is 39.9 Å². The maximum Gasteiger partial charge on any atom is 0.350 e. The first-order valence-electron chi connectivity index (χ1n) is 12.7. The minimum atomic E-state index is -0.989. The molecule has 0 spiro atoms. The normalized spacial score (nSPS) is 16.4. The molecular weight excluding hydrogens is 520 g/mol. The van der Waals surface area contributed by atoms with Gasteiger partial charge in [0.15, 0.2) is 5.13 Å². The molecule has 10 heteroatoms. The lowest BCUT2D eigenvalue weighted by atomic mass is 9.95. The number of Topliss-reactive ketones (excluding diaryl/α,β-unsaturated/α-hetero) is 1. The molecule has 1 fully saturated rings. The number of thiazole rings is 1. The van der Waals surface area contributed by atoms with Gasteiger partial charge in [-0.25, -0.2) is 9.78 Å². The van der Waals surface area contributed by atoms with Crippen LogP contribution >= 0.6 is 11.3 Å². The zero-order valence-electron chi connectivity index (χ0n) is 22.2. The highest BCUT2D eigenvalue weighted by Gasteiger charge is 2.48. The maximum absolute atomic E-state index is 13.4. The summed E-state index contributed by atoms with van der Waals surface area (Å²) >= 11 is 0.961. The van der Waals surface area contributed by atoms with Gasteiger partial charge in [-0.2, -0.15) is 0 Å². The molecular formula is C29H30N2O7S. The third-order valence-electron chi connectivity index (χ3n) is 6.00. The third-order valence-corrected chi connectivity index (χ3v) is 7.14. The SMILES string of the molecule is CCCOc1ccc(/C(O)=C2\C(=O)C(=O)N(c3nc(C)c(C(=O)OCC)s3)C2c2ccc(OCC)cc2)cc1. The Morgan fingerprint density at radius 2 is 1.62 bits per heavy atom. The van der Waals surface area contributed by atoms with Crippen LogP contribution in [0.15, 0.2) is 54.1 Å². The fraction of sp³-hybridized carbons (Fsp3) is 0.310. The second kappa shape index (κ2) is 12.1. The zero-order chi connectivity index (χ0) is 28.1. The first kappa shape index (κ1) is 27.8. The lowest BCUT2D eigenvalue weighted by molar-refractivity contribution is -0.132. The second-order valence-electron chi connectivity index (χ2n) is 8.68. The van der Waals surface area contributed by atoms with E-state index in [0.29, 0.717) is 41.5 Å². The Labute approximate surface area is 230 Å². The van der Waals surface area contributed by atoms with Crippen molar-refractivity contribution in [2.75, 3.05) is 24.7 Å². The van der Waals surface area contributed by atoms with Gasteiger partial charge in [0.05, 0.1) is 37.1 Å². The average molecular weight is 551 g/mol. The summed E-state index contributed by atoms with van der Waals surface area (Å²) in [6.45, 7) is 8.41. The van der Waals surface area contributed by atoms with E-state index >= 15 is 0 Å². The molecule has 1 aliphatic rings. The monoisotopic (exact) mass is 550 g/mol. The van der Waals surface area contributed by atoms with Crippen LogP contribution in [-0.2, 0) is 14.3 Å². The number of hydrogen-bond donors (Lipinski definition) is 1. The van der Waals surface area contributed by atoms with Gasteiger partial charge in [-0.1, -0.05) is 30.4 Å². The van der Waals surface area contributed by atoms with Gasteiger partial charge in [-0.15, -0.1) is 0 Å². The Bertz CT molecular complexity index is 1390. The van der Waals surface area contributed by atoms with Gasteiger partial charge < -0.3 is 19.3 Å². The number of carbonyl (C=O) groups is 3. The summed E-state index contributed by atoms with van der Waals surface area (Å²) in [5.74, 6) is -1.35. The van der Waals surface area contributed by atoms with Crippen molar-refractivity contribution in [2.24, 2.45) is 0 Å². The van der Waals surface area contributed by atoms with Crippen LogP contribution in [0.3, 0.4) is 0 Å². The summed E-state index contributed by atoms with van der Waals surface area (Å²) in [5.41, 5.74) is 1.21. The molecule has 1 atom stereocenters. The van der Waals surface area contributed by atoms with Crippen molar-refractivity contribution in [1.29, 1.82) is 0 Å². The number of amides is 1. The summed E-state index contributed by atoms with van der Waals surface area (Å²) in [4.78, 5) is 45.2. The van der Waals surface area contributed by atoms with E-state index in [-0.39, 0.29) is 27.9 Å². The standard InChI is InChI=1S/C29H30N2O7S/c1-5-16-38-21-14-10-19(11-15-21)24(32)22-23(18-8-12-20(13-9-18)36-6-2)31(27(34)25(22)33)29-30-17(4)26(39-29)28(35)37-7-3/h8-15,23,32H,5-7,16H2,1-4H3/b24-22+. The smallest absolute Gasteiger partial charge is 0.350 e. The molecule has 0 saturated carbocycles. The quantitative estimate of drug-likeness (QED) is 0.154. The highest BCUT2D eigenvalue weighted by Crippen LogP contribution is 2.44. The molecule has 1 aromatic heterocycles. The highest BCUT2D eigenvalue weighted by molar-refractivity contribution is 7.17. The number of aliphatic hydroxyl groups is 1. The molecule has 3 aromatic rings. The first-order chi connectivity index (χ1) is 18.8. The van der Waals surface area contributed by atoms with Crippen LogP contribution in [0.1, 0.15) is 59.7 Å². The molecule has 1 amide bonds. The minimum Gasteiger partial charge on any atom is -0.507 e. The first-order valence-corrected chi connectivity index (χ1v) is 13.5. The van der Waals surface area contributed by atoms with E-state index in [1.807, 2.05) is 13.8 Å². The summed E-state index contributed by atoms with van der Waals surface area (Å²) in [6, 6.07) is 12.6. The van der Waals surface area contributed by atoms with E-state index in [9.17, 15) is 19.5 Å². The summed E-state index contributed by atoms with van der Waals surface area (Å²) in [6.07, 6.45) is 0.849. The molecule has 1 saturated heterocycles. The number of aromatic nitrogens is 1. The number of benzene rings is 2. The van der Waals surface area contributed by atoms with Crippen LogP contribution in [0.5, 0.6) is 11.5 Å². The molecule has 2 aromatic carbocycles. The minimum absolute atomic E-state index is 0.0862. The number of rotatable bonds is 10. The topological polar surface area (TPSA) is 115 Å². The number of anilines is 1. The van der Waals surface area contributed by atoms with E-state index in [2.05, 4.69) is 4.98 Å². The van der Waals surface area contributed by atoms with E-state index in [1.54, 1.807) is 62.4 Å². The van der Waals surface area contributed by atoms with E-state index in [4.69, 9.17) is 14.2 Å². The van der Waals surface area contributed by atoms with Gasteiger partial charge in [0.1, 0.15) is 22.1 Å². The zero-order valence-corrected chi connectivity index (χ0v) is 23.0. The van der Waals surface area contributed by atoms with E-state index < -0.39 is 23.7 Å². The Kier molecular flexibility index (Phi) is 8.65. The number of ether oxygens (including phenoxy) is 3. The molecule has 4 rings (SSSR count). The Morgan fingerprint density at radius 1 is 0.974 bits per heavy atom. The predicted molar refractivity (Wildman–Crippen MR) is 147 cm³/mol. The lowest BCUT2D eigenvalue weighted by Crippen LogP contribution is -2.29. The number of carbonyl (C=O) groups excluding carboxylic acids is 3.